The standard InChI is InChI=1S/C29H28F18N2O5/c1-2-3-4-5-6-7-10-51-17-11-48-22(49-12-17)18-8-9-19(21(32)20(18)31)52-14-16(30)13-50-15-23(33,34)53-28(44,45)29(46,47)54-27(42,43)25(37,38)24(35,36)26(39,40)41/h8-9,11-12,16H,2-7,10,13-15H2,1H3. The van der Waals surface area contributed by atoms with E-state index in [0.29, 0.717) is 6.61 Å². The Hall–Kier alpha value is -3.48. The molecule has 0 amide bonds. The number of nitrogens with zero attached hydrogens (tertiary/aromatic N) is 2. The molecule has 1 aromatic carbocycles. The molecule has 310 valence electrons. The summed E-state index contributed by atoms with van der Waals surface area (Å²) in [5.74, 6) is -20.2. The average molecular weight is 827 g/mol. The molecule has 0 radical (unpaired) electrons. The van der Waals surface area contributed by atoms with Gasteiger partial charge in [0.2, 0.25) is 5.82 Å². The lowest BCUT2D eigenvalue weighted by molar-refractivity contribution is -0.543. The van der Waals surface area contributed by atoms with Crippen molar-refractivity contribution in [3.63, 3.8) is 0 Å². The Morgan fingerprint density at radius 1 is 0.630 bits per heavy atom. The highest BCUT2D eigenvalue weighted by atomic mass is 19.4. The van der Waals surface area contributed by atoms with E-state index in [9.17, 15) is 79.0 Å². The summed E-state index contributed by atoms with van der Waals surface area (Å²) in [6.07, 6.45) is -30.0. The highest BCUT2D eigenvalue weighted by molar-refractivity contribution is 5.57. The van der Waals surface area contributed by atoms with Gasteiger partial charge < -0.3 is 14.2 Å². The molecular formula is C29H28F18N2O5. The molecule has 1 heterocycles. The first-order valence-corrected chi connectivity index (χ1v) is 15.1. The number of ether oxygens (including phenoxy) is 5. The van der Waals surface area contributed by atoms with E-state index in [1.54, 1.807) is 0 Å². The predicted octanol–water partition coefficient (Wildman–Crippen LogP) is 10.1. The highest BCUT2D eigenvalue weighted by Crippen LogP contribution is 2.56. The van der Waals surface area contributed by atoms with E-state index in [-0.39, 0.29) is 11.6 Å². The molecule has 2 rings (SSSR count). The fourth-order valence-electron chi connectivity index (χ4n) is 3.87. The van der Waals surface area contributed by atoms with Gasteiger partial charge in [-0.15, -0.1) is 0 Å². The maximum absolute atomic E-state index is 14.7. The normalized spacial score (nSPS) is 14.4. The smallest absolute Gasteiger partial charge is 0.460 e. The molecule has 2 aromatic rings. The zero-order valence-corrected chi connectivity index (χ0v) is 27.2. The predicted molar refractivity (Wildman–Crippen MR) is 145 cm³/mol. The van der Waals surface area contributed by atoms with Crippen LogP contribution in [0.15, 0.2) is 24.5 Å². The summed E-state index contributed by atoms with van der Waals surface area (Å²) in [6.45, 7) is -3.21. The Morgan fingerprint density at radius 3 is 1.76 bits per heavy atom. The third kappa shape index (κ3) is 11.8. The molecule has 0 spiro atoms. The van der Waals surface area contributed by atoms with E-state index in [1.165, 1.54) is 17.1 Å². The Bertz CT molecular complexity index is 1480. The lowest BCUT2D eigenvalue weighted by atomic mass is 10.1. The van der Waals surface area contributed by atoms with Crippen molar-refractivity contribution in [1.82, 2.24) is 9.97 Å². The summed E-state index contributed by atoms with van der Waals surface area (Å²) in [7, 11) is 0. The van der Waals surface area contributed by atoms with Gasteiger partial charge in [0.15, 0.2) is 29.3 Å². The molecule has 7 nitrogen and oxygen atoms in total. The third-order valence-electron chi connectivity index (χ3n) is 6.66. The maximum Gasteiger partial charge on any atom is 0.460 e. The summed E-state index contributed by atoms with van der Waals surface area (Å²) < 4.78 is 257. The minimum absolute atomic E-state index is 0.236. The third-order valence-corrected chi connectivity index (χ3v) is 6.66. The van der Waals surface area contributed by atoms with E-state index in [4.69, 9.17) is 4.74 Å². The largest absolute Gasteiger partial charge is 0.490 e. The van der Waals surface area contributed by atoms with E-state index in [2.05, 4.69) is 31.1 Å². The van der Waals surface area contributed by atoms with Crippen LogP contribution in [-0.2, 0) is 14.2 Å². The van der Waals surface area contributed by atoms with Crippen molar-refractivity contribution in [2.45, 2.75) is 94.1 Å². The molecule has 25 heteroatoms. The average Bonchev–Trinajstić information content (AvgIpc) is 3.03. The van der Waals surface area contributed by atoms with Crippen LogP contribution in [0.1, 0.15) is 45.4 Å². The monoisotopic (exact) mass is 826 g/mol. The molecule has 0 saturated heterocycles. The zero-order chi connectivity index (χ0) is 41.4. The quantitative estimate of drug-likeness (QED) is 0.0816. The fourth-order valence-corrected chi connectivity index (χ4v) is 3.87. The number of aromatic nitrogens is 2. The summed E-state index contributed by atoms with van der Waals surface area (Å²) in [5, 5.41) is 0. The van der Waals surface area contributed by atoms with Crippen LogP contribution in [0, 0.1) is 11.6 Å². The molecule has 0 N–H and O–H groups in total. The molecule has 0 aliphatic heterocycles. The summed E-state index contributed by atoms with van der Waals surface area (Å²) >= 11 is 0. The van der Waals surface area contributed by atoms with Crippen molar-refractivity contribution in [2.75, 3.05) is 26.4 Å². The minimum Gasteiger partial charge on any atom is -0.490 e. The molecule has 0 aliphatic carbocycles. The van der Waals surface area contributed by atoms with Crippen LogP contribution in [0.25, 0.3) is 11.4 Å². The van der Waals surface area contributed by atoms with Crippen LogP contribution < -0.4 is 9.47 Å². The molecule has 1 atom stereocenters. The van der Waals surface area contributed by atoms with Gasteiger partial charge in [0, 0.05) is 0 Å². The van der Waals surface area contributed by atoms with E-state index in [0.717, 1.165) is 50.7 Å². The number of unbranched alkanes of at least 4 members (excludes halogenated alkanes) is 5. The number of benzene rings is 1. The minimum atomic E-state index is -8.01. The van der Waals surface area contributed by atoms with Crippen LogP contribution in [0.3, 0.4) is 0 Å². The number of hydrogen-bond acceptors (Lipinski definition) is 7. The fraction of sp³-hybridized carbons (Fsp3) is 0.655. The zero-order valence-electron chi connectivity index (χ0n) is 27.2. The summed E-state index contributed by atoms with van der Waals surface area (Å²) in [6, 6.07) is 1.67. The second-order valence-corrected chi connectivity index (χ2v) is 11.1. The molecule has 0 saturated carbocycles. The van der Waals surface area contributed by atoms with Crippen molar-refractivity contribution in [2.24, 2.45) is 0 Å². The van der Waals surface area contributed by atoms with Gasteiger partial charge in [0.1, 0.15) is 13.2 Å². The molecule has 0 aliphatic rings. The summed E-state index contributed by atoms with van der Waals surface area (Å²) in [5.41, 5.74) is -0.492. The molecule has 0 fully saturated rings. The maximum atomic E-state index is 14.7. The van der Waals surface area contributed by atoms with E-state index < -0.39 is 91.4 Å². The second-order valence-electron chi connectivity index (χ2n) is 11.1. The van der Waals surface area contributed by atoms with Crippen molar-refractivity contribution in [3.05, 3.63) is 36.2 Å². The SMILES string of the molecule is CCCCCCCCOc1cnc(-c2ccc(OCC(F)COCC(F)(F)OC(F)(F)C(F)(F)OC(F)(F)C(F)(F)C(F)(F)C(F)(F)F)c(F)c2F)nc1. The van der Waals surface area contributed by atoms with Gasteiger partial charge in [0.25, 0.3) is 0 Å². The number of rotatable bonds is 23. The van der Waals surface area contributed by atoms with E-state index in [1.807, 2.05) is 0 Å². The van der Waals surface area contributed by atoms with Crippen LogP contribution in [-0.4, -0.2) is 85.0 Å². The molecule has 1 aromatic heterocycles. The topological polar surface area (TPSA) is 71.9 Å². The van der Waals surface area contributed by atoms with Gasteiger partial charge in [-0.3, -0.25) is 0 Å². The number of alkyl halides is 16. The molecule has 54 heavy (non-hydrogen) atoms. The molecule has 1 unspecified atom stereocenters. The van der Waals surface area contributed by atoms with Gasteiger partial charge in [-0.2, -0.15) is 70.2 Å². The van der Waals surface area contributed by atoms with Crippen LogP contribution >= 0.6 is 0 Å². The van der Waals surface area contributed by atoms with Crippen molar-refractivity contribution in [3.8, 4) is 22.9 Å². The Kier molecular flexibility index (Phi) is 15.5. The van der Waals surface area contributed by atoms with Gasteiger partial charge in [-0.25, -0.2) is 28.2 Å². The first-order chi connectivity index (χ1) is 24.6. The highest BCUT2D eigenvalue weighted by Gasteiger charge is 2.85. The van der Waals surface area contributed by atoms with Gasteiger partial charge >= 0.3 is 42.5 Å². The van der Waals surface area contributed by atoms with Gasteiger partial charge in [-0.05, 0) is 18.6 Å². The first-order valence-electron chi connectivity index (χ1n) is 15.1. The Balaban J connectivity index is 1.92. The van der Waals surface area contributed by atoms with Crippen LogP contribution in [0.4, 0.5) is 79.0 Å². The lowest BCUT2D eigenvalue weighted by Gasteiger charge is -2.36. The van der Waals surface area contributed by atoms with E-state index >= 15 is 0 Å². The molecule has 0 bridgehead atoms. The number of hydrogen-bond donors (Lipinski definition) is 0. The van der Waals surface area contributed by atoms with Crippen molar-refractivity contribution < 1.29 is 103 Å². The first kappa shape index (κ1) is 46.7. The van der Waals surface area contributed by atoms with Crippen LogP contribution in [0.2, 0.25) is 0 Å². The molecular weight excluding hydrogens is 798 g/mol. The number of halogens is 18. The Labute approximate surface area is 292 Å². The van der Waals surface area contributed by atoms with Crippen molar-refractivity contribution >= 4 is 0 Å². The lowest BCUT2D eigenvalue weighted by Crippen LogP contribution is -2.64. The Morgan fingerprint density at radius 2 is 1.19 bits per heavy atom. The van der Waals surface area contributed by atoms with Crippen molar-refractivity contribution in [1.29, 1.82) is 0 Å². The van der Waals surface area contributed by atoms with Crippen LogP contribution in [0.5, 0.6) is 11.5 Å². The van der Waals surface area contributed by atoms with Gasteiger partial charge in [-0.1, -0.05) is 39.0 Å². The summed E-state index contributed by atoms with van der Waals surface area (Å²) in [4.78, 5) is 7.74. The second kappa shape index (κ2) is 18.0. The van der Waals surface area contributed by atoms with Gasteiger partial charge in [0.05, 0.1) is 31.2 Å².